The SMILES string of the molecule is Cc1noc(C)c1C(C)CNCc1cccc([N+](=O)[O-])c1. The molecule has 1 heterocycles. The van der Waals surface area contributed by atoms with E-state index in [0.717, 1.165) is 29.1 Å². The fourth-order valence-corrected chi connectivity index (χ4v) is 2.51. The van der Waals surface area contributed by atoms with Crippen LogP contribution < -0.4 is 5.32 Å². The van der Waals surface area contributed by atoms with Gasteiger partial charge in [0.2, 0.25) is 0 Å². The Bertz CT molecular complexity index is 617. The molecular formula is C15H19N3O3. The molecule has 1 N–H and O–H groups in total. The zero-order chi connectivity index (χ0) is 15.4. The smallest absolute Gasteiger partial charge is 0.269 e. The summed E-state index contributed by atoms with van der Waals surface area (Å²) in [6.45, 7) is 7.29. The van der Waals surface area contributed by atoms with Crippen LogP contribution in [-0.4, -0.2) is 16.6 Å². The molecule has 6 heteroatoms. The lowest BCUT2D eigenvalue weighted by Crippen LogP contribution is -2.20. The lowest BCUT2D eigenvalue weighted by molar-refractivity contribution is -0.384. The van der Waals surface area contributed by atoms with Crippen LogP contribution in [0.25, 0.3) is 0 Å². The summed E-state index contributed by atoms with van der Waals surface area (Å²) in [6, 6.07) is 6.66. The Balaban J connectivity index is 1.92. The van der Waals surface area contributed by atoms with E-state index in [9.17, 15) is 10.1 Å². The second kappa shape index (κ2) is 6.49. The van der Waals surface area contributed by atoms with Gasteiger partial charge in [0, 0.05) is 30.8 Å². The number of benzene rings is 1. The molecular weight excluding hydrogens is 270 g/mol. The number of rotatable bonds is 6. The summed E-state index contributed by atoms with van der Waals surface area (Å²) in [4.78, 5) is 10.4. The zero-order valence-electron chi connectivity index (χ0n) is 12.4. The van der Waals surface area contributed by atoms with Crippen LogP contribution in [0, 0.1) is 24.0 Å². The van der Waals surface area contributed by atoms with Gasteiger partial charge in [-0.3, -0.25) is 10.1 Å². The van der Waals surface area contributed by atoms with Crippen LogP contribution in [-0.2, 0) is 6.54 Å². The maximum Gasteiger partial charge on any atom is 0.269 e. The quantitative estimate of drug-likeness (QED) is 0.652. The molecule has 0 saturated carbocycles. The molecule has 0 aliphatic rings. The van der Waals surface area contributed by atoms with Crippen LogP contribution in [0.1, 0.15) is 35.4 Å². The van der Waals surface area contributed by atoms with Crippen molar-refractivity contribution >= 4 is 5.69 Å². The molecule has 1 atom stereocenters. The van der Waals surface area contributed by atoms with E-state index >= 15 is 0 Å². The molecule has 112 valence electrons. The molecule has 21 heavy (non-hydrogen) atoms. The minimum Gasteiger partial charge on any atom is -0.361 e. The van der Waals surface area contributed by atoms with E-state index in [1.807, 2.05) is 19.9 Å². The third-order valence-corrected chi connectivity index (χ3v) is 3.48. The van der Waals surface area contributed by atoms with Gasteiger partial charge in [0.15, 0.2) is 0 Å². The molecule has 1 unspecified atom stereocenters. The van der Waals surface area contributed by atoms with Crippen molar-refractivity contribution in [3.8, 4) is 0 Å². The lowest BCUT2D eigenvalue weighted by atomic mass is 9.99. The molecule has 1 aromatic carbocycles. The van der Waals surface area contributed by atoms with Crippen molar-refractivity contribution in [3.05, 3.63) is 57.0 Å². The predicted octanol–water partition coefficient (Wildman–Crippen LogP) is 3.09. The standard InChI is InChI=1S/C15H19N3O3/c1-10(15-11(2)17-21-12(15)3)8-16-9-13-5-4-6-14(7-13)18(19)20/h4-7,10,16H,8-9H2,1-3H3. The monoisotopic (exact) mass is 289 g/mol. The highest BCUT2D eigenvalue weighted by atomic mass is 16.6. The largest absolute Gasteiger partial charge is 0.361 e. The summed E-state index contributed by atoms with van der Waals surface area (Å²) < 4.78 is 5.17. The molecule has 0 radical (unpaired) electrons. The number of hydrogen-bond donors (Lipinski definition) is 1. The highest BCUT2D eigenvalue weighted by Crippen LogP contribution is 2.22. The van der Waals surface area contributed by atoms with E-state index in [1.165, 1.54) is 6.07 Å². The van der Waals surface area contributed by atoms with Crippen LogP contribution in [0.5, 0.6) is 0 Å². The average Bonchev–Trinajstić information content (AvgIpc) is 2.78. The van der Waals surface area contributed by atoms with Crippen molar-refractivity contribution < 1.29 is 9.45 Å². The first-order chi connectivity index (χ1) is 9.99. The van der Waals surface area contributed by atoms with Gasteiger partial charge < -0.3 is 9.84 Å². The van der Waals surface area contributed by atoms with Gasteiger partial charge in [-0.2, -0.15) is 0 Å². The molecule has 0 amide bonds. The second-order valence-electron chi connectivity index (χ2n) is 5.20. The molecule has 0 fully saturated rings. The van der Waals surface area contributed by atoms with Gasteiger partial charge in [-0.1, -0.05) is 24.2 Å². The van der Waals surface area contributed by atoms with E-state index < -0.39 is 0 Å². The molecule has 2 rings (SSSR count). The minimum atomic E-state index is -0.379. The Kier molecular flexibility index (Phi) is 4.70. The Morgan fingerprint density at radius 1 is 1.43 bits per heavy atom. The molecule has 0 aliphatic heterocycles. The summed E-state index contributed by atoms with van der Waals surface area (Å²) >= 11 is 0. The Morgan fingerprint density at radius 2 is 2.19 bits per heavy atom. The van der Waals surface area contributed by atoms with Gasteiger partial charge in [0.25, 0.3) is 5.69 Å². The lowest BCUT2D eigenvalue weighted by Gasteiger charge is -2.12. The summed E-state index contributed by atoms with van der Waals surface area (Å²) in [5.74, 6) is 1.12. The van der Waals surface area contributed by atoms with Crippen molar-refractivity contribution in [2.24, 2.45) is 0 Å². The molecule has 0 aliphatic carbocycles. The summed E-state index contributed by atoms with van der Waals surface area (Å²) in [5, 5.41) is 18.0. The maximum absolute atomic E-state index is 10.7. The summed E-state index contributed by atoms with van der Waals surface area (Å²) in [7, 11) is 0. The second-order valence-corrected chi connectivity index (χ2v) is 5.20. The van der Waals surface area contributed by atoms with Crippen molar-refractivity contribution in [1.82, 2.24) is 10.5 Å². The van der Waals surface area contributed by atoms with Crippen LogP contribution >= 0.6 is 0 Å². The maximum atomic E-state index is 10.7. The third kappa shape index (κ3) is 3.66. The minimum absolute atomic E-state index is 0.119. The number of hydrogen-bond acceptors (Lipinski definition) is 5. The van der Waals surface area contributed by atoms with Gasteiger partial charge in [0.1, 0.15) is 5.76 Å². The molecule has 1 aromatic heterocycles. The molecule has 0 spiro atoms. The molecule has 0 bridgehead atoms. The number of aryl methyl sites for hydroxylation is 2. The summed E-state index contributed by atoms with van der Waals surface area (Å²) in [5.41, 5.74) is 3.06. The Morgan fingerprint density at radius 3 is 2.81 bits per heavy atom. The Labute approximate surface area is 123 Å². The van der Waals surface area contributed by atoms with Gasteiger partial charge in [-0.05, 0) is 25.3 Å². The Hall–Kier alpha value is -2.21. The normalized spacial score (nSPS) is 12.3. The van der Waals surface area contributed by atoms with Crippen LogP contribution in [0.15, 0.2) is 28.8 Å². The number of aromatic nitrogens is 1. The van der Waals surface area contributed by atoms with E-state index in [2.05, 4.69) is 17.4 Å². The molecule has 0 saturated heterocycles. The van der Waals surface area contributed by atoms with Gasteiger partial charge in [0.05, 0.1) is 10.6 Å². The molecule has 6 nitrogen and oxygen atoms in total. The first-order valence-electron chi connectivity index (χ1n) is 6.86. The summed E-state index contributed by atoms with van der Waals surface area (Å²) in [6.07, 6.45) is 0. The highest BCUT2D eigenvalue weighted by Gasteiger charge is 2.16. The number of nitrogens with one attached hydrogen (secondary N) is 1. The van der Waals surface area contributed by atoms with Crippen molar-refractivity contribution in [1.29, 1.82) is 0 Å². The van der Waals surface area contributed by atoms with Crippen molar-refractivity contribution in [2.75, 3.05) is 6.54 Å². The zero-order valence-corrected chi connectivity index (χ0v) is 12.4. The number of nitro benzene ring substituents is 1. The van der Waals surface area contributed by atoms with Gasteiger partial charge >= 0.3 is 0 Å². The number of nitro groups is 1. The van der Waals surface area contributed by atoms with Crippen LogP contribution in [0.4, 0.5) is 5.69 Å². The first kappa shape index (κ1) is 15.2. The average molecular weight is 289 g/mol. The van der Waals surface area contributed by atoms with Crippen molar-refractivity contribution in [2.45, 2.75) is 33.2 Å². The van der Waals surface area contributed by atoms with E-state index in [1.54, 1.807) is 12.1 Å². The fourth-order valence-electron chi connectivity index (χ4n) is 2.51. The highest BCUT2D eigenvalue weighted by molar-refractivity contribution is 5.34. The van der Waals surface area contributed by atoms with Crippen LogP contribution in [0.2, 0.25) is 0 Å². The number of non-ortho nitro benzene ring substituents is 1. The molecule has 2 aromatic rings. The third-order valence-electron chi connectivity index (χ3n) is 3.48. The van der Waals surface area contributed by atoms with E-state index in [-0.39, 0.29) is 16.5 Å². The van der Waals surface area contributed by atoms with Crippen LogP contribution in [0.3, 0.4) is 0 Å². The van der Waals surface area contributed by atoms with E-state index in [0.29, 0.717) is 6.54 Å². The van der Waals surface area contributed by atoms with Gasteiger partial charge in [-0.25, -0.2) is 0 Å². The fraction of sp³-hybridized carbons (Fsp3) is 0.400. The topological polar surface area (TPSA) is 81.2 Å². The first-order valence-corrected chi connectivity index (χ1v) is 6.86. The number of nitrogens with zero attached hydrogens (tertiary/aromatic N) is 2. The predicted molar refractivity (Wildman–Crippen MR) is 79.2 cm³/mol. The van der Waals surface area contributed by atoms with E-state index in [4.69, 9.17) is 4.52 Å². The van der Waals surface area contributed by atoms with Gasteiger partial charge in [-0.15, -0.1) is 0 Å². The van der Waals surface area contributed by atoms with Crippen molar-refractivity contribution in [3.63, 3.8) is 0 Å².